The number of benzene rings is 1. The number of hydrogen-bond acceptors (Lipinski definition) is 2. The lowest BCUT2D eigenvalue weighted by Gasteiger charge is -2.03. The van der Waals surface area contributed by atoms with Gasteiger partial charge in [-0.1, -0.05) is 44.5 Å². The monoisotopic (exact) mass is 256 g/mol. The molecule has 0 bridgehead atoms. The summed E-state index contributed by atoms with van der Waals surface area (Å²) in [5, 5.41) is 4.50. The van der Waals surface area contributed by atoms with E-state index < -0.39 is 0 Å². The number of Topliss-reactive ketones (excluding diaryl/α,β-unsaturated/α-hetero) is 1. The van der Waals surface area contributed by atoms with Crippen LogP contribution in [0, 0.1) is 0 Å². The summed E-state index contributed by atoms with van der Waals surface area (Å²) in [5.74, 6) is 0.187. The molecule has 100 valence electrons. The van der Waals surface area contributed by atoms with Gasteiger partial charge in [0.25, 0.3) is 0 Å². The van der Waals surface area contributed by atoms with Gasteiger partial charge in [0, 0.05) is 30.8 Å². The zero-order valence-corrected chi connectivity index (χ0v) is 11.8. The van der Waals surface area contributed by atoms with Crippen molar-refractivity contribution in [1.82, 2.24) is 9.78 Å². The Morgan fingerprint density at radius 3 is 2.47 bits per heavy atom. The summed E-state index contributed by atoms with van der Waals surface area (Å²) >= 11 is 0. The number of aromatic nitrogens is 2. The lowest BCUT2D eigenvalue weighted by atomic mass is 10.0. The molecule has 0 saturated heterocycles. The highest BCUT2D eigenvalue weighted by molar-refractivity contribution is 5.96. The van der Waals surface area contributed by atoms with Crippen LogP contribution >= 0.6 is 0 Å². The van der Waals surface area contributed by atoms with Crippen LogP contribution in [0.15, 0.2) is 30.5 Å². The van der Waals surface area contributed by atoms with Crippen molar-refractivity contribution >= 4 is 5.78 Å². The van der Waals surface area contributed by atoms with Crippen LogP contribution in [0.1, 0.15) is 42.7 Å². The molecule has 19 heavy (non-hydrogen) atoms. The maximum Gasteiger partial charge on any atom is 0.162 e. The molecule has 1 aromatic heterocycles. The molecule has 0 spiro atoms. The van der Waals surface area contributed by atoms with Crippen molar-refractivity contribution in [3.63, 3.8) is 0 Å². The summed E-state index contributed by atoms with van der Waals surface area (Å²) in [7, 11) is 1.94. The van der Waals surface area contributed by atoms with Gasteiger partial charge in [-0.3, -0.25) is 9.48 Å². The van der Waals surface area contributed by atoms with E-state index in [2.05, 4.69) is 12.0 Å². The van der Waals surface area contributed by atoms with Gasteiger partial charge in [0.05, 0.1) is 5.69 Å². The van der Waals surface area contributed by atoms with Gasteiger partial charge in [0.1, 0.15) is 0 Å². The minimum atomic E-state index is 0.187. The molecule has 2 rings (SSSR count). The van der Waals surface area contributed by atoms with E-state index >= 15 is 0 Å². The Bertz CT molecular complexity index is 567. The molecule has 0 unspecified atom stereocenters. The van der Waals surface area contributed by atoms with E-state index in [0.717, 1.165) is 29.7 Å². The number of ketones is 1. The summed E-state index contributed by atoms with van der Waals surface area (Å²) in [6.45, 7) is 4.04. The van der Waals surface area contributed by atoms with Gasteiger partial charge >= 0.3 is 0 Å². The molecule has 1 aromatic carbocycles. The van der Waals surface area contributed by atoms with Crippen molar-refractivity contribution in [2.45, 2.75) is 33.1 Å². The Morgan fingerprint density at radius 2 is 1.89 bits per heavy atom. The highest BCUT2D eigenvalue weighted by atomic mass is 16.1. The second-order valence-corrected chi connectivity index (χ2v) is 4.77. The van der Waals surface area contributed by atoms with Crippen molar-refractivity contribution in [1.29, 1.82) is 0 Å². The molecule has 3 nitrogen and oxygen atoms in total. The molecule has 0 N–H and O–H groups in total. The normalized spacial score (nSPS) is 10.7. The highest BCUT2D eigenvalue weighted by Gasteiger charge is 2.10. The first-order chi connectivity index (χ1) is 9.15. The quantitative estimate of drug-likeness (QED) is 0.766. The number of carbonyl (C=O) groups excluding carboxylic acids is 1. The standard InChI is InChI=1S/C16H20N2O/c1-4-6-15-14(11-18(3)17-15)12-7-9-13(10-8-12)16(19)5-2/h7-11H,4-6H2,1-3H3. The Balaban J connectivity index is 2.34. The molecular weight excluding hydrogens is 236 g/mol. The van der Waals surface area contributed by atoms with Crippen molar-refractivity contribution in [2.75, 3.05) is 0 Å². The van der Waals surface area contributed by atoms with Gasteiger partial charge < -0.3 is 0 Å². The largest absolute Gasteiger partial charge is 0.294 e. The highest BCUT2D eigenvalue weighted by Crippen LogP contribution is 2.24. The molecule has 3 heteroatoms. The zero-order chi connectivity index (χ0) is 13.8. The summed E-state index contributed by atoms with van der Waals surface area (Å²) in [6, 6.07) is 7.84. The summed E-state index contributed by atoms with van der Waals surface area (Å²) in [6.07, 6.45) is 4.65. The van der Waals surface area contributed by atoms with Crippen LogP contribution in [0.3, 0.4) is 0 Å². The fourth-order valence-corrected chi connectivity index (χ4v) is 2.24. The van der Waals surface area contributed by atoms with E-state index in [1.165, 1.54) is 5.56 Å². The molecule has 0 aliphatic heterocycles. The van der Waals surface area contributed by atoms with Gasteiger partial charge in [-0.15, -0.1) is 0 Å². The van der Waals surface area contributed by atoms with E-state index in [1.807, 2.05) is 49.1 Å². The Morgan fingerprint density at radius 1 is 1.21 bits per heavy atom. The number of nitrogens with zero attached hydrogens (tertiary/aromatic N) is 2. The van der Waals surface area contributed by atoms with Gasteiger partial charge in [-0.25, -0.2) is 0 Å². The number of carbonyl (C=O) groups is 1. The molecular formula is C16H20N2O. The summed E-state index contributed by atoms with van der Waals surface area (Å²) in [5.41, 5.74) is 4.20. The van der Waals surface area contributed by atoms with Crippen molar-refractivity contribution in [3.05, 3.63) is 41.7 Å². The van der Waals surface area contributed by atoms with Crippen LogP contribution in [0.5, 0.6) is 0 Å². The topological polar surface area (TPSA) is 34.9 Å². The predicted molar refractivity (Wildman–Crippen MR) is 77.3 cm³/mol. The third kappa shape index (κ3) is 2.92. The molecule has 0 aliphatic carbocycles. The van der Waals surface area contributed by atoms with Crippen LogP contribution in [0.25, 0.3) is 11.1 Å². The smallest absolute Gasteiger partial charge is 0.162 e. The first kappa shape index (κ1) is 13.5. The lowest BCUT2D eigenvalue weighted by molar-refractivity contribution is 0.0988. The van der Waals surface area contributed by atoms with Crippen LogP contribution < -0.4 is 0 Å². The summed E-state index contributed by atoms with van der Waals surface area (Å²) in [4.78, 5) is 11.6. The van der Waals surface area contributed by atoms with E-state index in [4.69, 9.17) is 0 Å². The van der Waals surface area contributed by atoms with Crippen molar-refractivity contribution in [3.8, 4) is 11.1 Å². The third-order valence-electron chi connectivity index (χ3n) is 3.23. The molecule has 0 fully saturated rings. The van der Waals surface area contributed by atoms with E-state index in [-0.39, 0.29) is 5.78 Å². The first-order valence-electron chi connectivity index (χ1n) is 6.81. The molecule has 0 amide bonds. The van der Waals surface area contributed by atoms with E-state index in [0.29, 0.717) is 6.42 Å². The zero-order valence-electron chi connectivity index (χ0n) is 11.8. The maximum absolute atomic E-state index is 11.6. The minimum Gasteiger partial charge on any atom is -0.294 e. The van der Waals surface area contributed by atoms with Crippen LogP contribution in [-0.4, -0.2) is 15.6 Å². The van der Waals surface area contributed by atoms with Gasteiger partial charge in [-0.05, 0) is 12.0 Å². The van der Waals surface area contributed by atoms with Crippen LogP contribution in [0.2, 0.25) is 0 Å². The van der Waals surface area contributed by atoms with Crippen molar-refractivity contribution in [2.24, 2.45) is 7.05 Å². The van der Waals surface area contributed by atoms with Gasteiger partial charge in [0.2, 0.25) is 0 Å². The number of hydrogen-bond donors (Lipinski definition) is 0. The molecule has 0 aliphatic rings. The Kier molecular flexibility index (Phi) is 4.15. The second kappa shape index (κ2) is 5.83. The van der Waals surface area contributed by atoms with E-state index in [9.17, 15) is 4.79 Å². The SMILES string of the molecule is CCCc1nn(C)cc1-c1ccc(C(=O)CC)cc1. The fraction of sp³-hybridized carbons (Fsp3) is 0.375. The molecule has 2 aromatic rings. The Labute approximate surface area is 114 Å². The number of rotatable bonds is 5. The van der Waals surface area contributed by atoms with Gasteiger partial charge in [-0.2, -0.15) is 5.10 Å². The Hall–Kier alpha value is -1.90. The average Bonchev–Trinajstić information content (AvgIpc) is 2.79. The fourth-order valence-electron chi connectivity index (χ4n) is 2.24. The van der Waals surface area contributed by atoms with Crippen molar-refractivity contribution < 1.29 is 4.79 Å². The minimum absolute atomic E-state index is 0.187. The second-order valence-electron chi connectivity index (χ2n) is 4.77. The lowest BCUT2D eigenvalue weighted by Crippen LogP contribution is -1.95. The first-order valence-corrected chi connectivity index (χ1v) is 6.81. The molecule has 0 saturated carbocycles. The number of aryl methyl sites for hydroxylation is 2. The molecule has 0 radical (unpaired) electrons. The molecule has 1 heterocycles. The average molecular weight is 256 g/mol. The predicted octanol–water partition coefficient (Wildman–Crippen LogP) is 3.63. The molecule has 0 atom stereocenters. The van der Waals surface area contributed by atoms with Gasteiger partial charge in [0.15, 0.2) is 5.78 Å². The maximum atomic E-state index is 11.6. The summed E-state index contributed by atoms with van der Waals surface area (Å²) < 4.78 is 1.85. The third-order valence-corrected chi connectivity index (χ3v) is 3.23. The van der Waals surface area contributed by atoms with Crippen LogP contribution in [0.4, 0.5) is 0 Å². The van der Waals surface area contributed by atoms with E-state index in [1.54, 1.807) is 0 Å². The van der Waals surface area contributed by atoms with Crippen LogP contribution in [-0.2, 0) is 13.5 Å².